The Bertz CT molecular complexity index is 459. The molecule has 0 bridgehead atoms. The van der Waals surface area contributed by atoms with E-state index in [4.69, 9.17) is 4.74 Å². The van der Waals surface area contributed by atoms with Crippen molar-refractivity contribution in [2.45, 2.75) is 32.9 Å². The first-order chi connectivity index (χ1) is 9.11. The molecule has 0 aliphatic carbocycles. The van der Waals surface area contributed by atoms with Gasteiger partial charge in [0.15, 0.2) is 5.78 Å². The fourth-order valence-electron chi connectivity index (χ4n) is 2.42. The topological polar surface area (TPSA) is 49.8 Å². The van der Waals surface area contributed by atoms with Crippen LogP contribution in [0.5, 0.6) is 5.75 Å². The Morgan fingerprint density at radius 2 is 2.32 bits per heavy atom. The molecule has 4 nitrogen and oxygen atoms in total. The van der Waals surface area contributed by atoms with Crippen LogP contribution in [0.3, 0.4) is 0 Å². The standard InChI is InChI=1S/C15H21NO3/c1-3-14-10-19-7-6-16(14)9-13-8-12(11(2)17)4-5-15(13)18/h4-5,8,14,18H,3,6-7,9-10H2,1-2H3. The van der Waals surface area contributed by atoms with Gasteiger partial charge in [0.25, 0.3) is 0 Å². The Labute approximate surface area is 114 Å². The van der Waals surface area contributed by atoms with Crippen LogP contribution >= 0.6 is 0 Å². The quantitative estimate of drug-likeness (QED) is 0.846. The van der Waals surface area contributed by atoms with Gasteiger partial charge in [-0.15, -0.1) is 0 Å². The highest BCUT2D eigenvalue weighted by molar-refractivity contribution is 5.94. The molecule has 1 saturated heterocycles. The monoisotopic (exact) mass is 263 g/mol. The van der Waals surface area contributed by atoms with Crippen molar-refractivity contribution in [3.8, 4) is 5.75 Å². The first-order valence-electron chi connectivity index (χ1n) is 6.76. The van der Waals surface area contributed by atoms with Crippen molar-refractivity contribution >= 4 is 5.78 Å². The summed E-state index contributed by atoms with van der Waals surface area (Å²) in [7, 11) is 0. The zero-order chi connectivity index (χ0) is 13.8. The fourth-order valence-corrected chi connectivity index (χ4v) is 2.42. The Morgan fingerprint density at radius 3 is 3.00 bits per heavy atom. The van der Waals surface area contributed by atoms with Crippen molar-refractivity contribution in [3.63, 3.8) is 0 Å². The molecule has 0 radical (unpaired) electrons. The van der Waals surface area contributed by atoms with Crippen molar-refractivity contribution in [2.24, 2.45) is 0 Å². The van der Waals surface area contributed by atoms with Crippen LogP contribution in [0.25, 0.3) is 0 Å². The zero-order valence-corrected chi connectivity index (χ0v) is 11.6. The molecule has 0 spiro atoms. The average molecular weight is 263 g/mol. The van der Waals surface area contributed by atoms with Crippen LogP contribution in [0.15, 0.2) is 18.2 Å². The number of ketones is 1. The summed E-state index contributed by atoms with van der Waals surface area (Å²) in [6.45, 7) is 6.67. The summed E-state index contributed by atoms with van der Waals surface area (Å²) in [5.74, 6) is 0.279. The van der Waals surface area contributed by atoms with Gasteiger partial charge in [0.1, 0.15) is 5.75 Å². The van der Waals surface area contributed by atoms with E-state index in [2.05, 4.69) is 11.8 Å². The normalized spacial score (nSPS) is 20.4. The highest BCUT2D eigenvalue weighted by Crippen LogP contribution is 2.23. The van der Waals surface area contributed by atoms with Crippen LogP contribution in [0.4, 0.5) is 0 Å². The number of morpholine rings is 1. The molecule has 1 N–H and O–H groups in total. The van der Waals surface area contributed by atoms with Crippen LogP contribution in [-0.2, 0) is 11.3 Å². The largest absolute Gasteiger partial charge is 0.508 e. The predicted molar refractivity (Wildman–Crippen MR) is 73.4 cm³/mol. The summed E-state index contributed by atoms with van der Waals surface area (Å²) in [6, 6.07) is 5.44. The number of carbonyl (C=O) groups excluding carboxylic acids is 1. The molecule has 4 heteroatoms. The van der Waals surface area contributed by atoms with E-state index in [1.807, 2.05) is 0 Å². The van der Waals surface area contributed by atoms with Gasteiger partial charge < -0.3 is 9.84 Å². The highest BCUT2D eigenvalue weighted by atomic mass is 16.5. The first-order valence-corrected chi connectivity index (χ1v) is 6.76. The molecule has 1 heterocycles. The van der Waals surface area contributed by atoms with Crippen LogP contribution in [0.1, 0.15) is 36.2 Å². The van der Waals surface area contributed by atoms with E-state index in [1.165, 1.54) is 0 Å². The molecular formula is C15H21NO3. The zero-order valence-electron chi connectivity index (χ0n) is 11.6. The summed E-state index contributed by atoms with van der Waals surface area (Å²) in [5.41, 5.74) is 1.46. The lowest BCUT2D eigenvalue weighted by Gasteiger charge is -2.35. The lowest BCUT2D eigenvalue weighted by Crippen LogP contribution is -2.44. The van der Waals surface area contributed by atoms with Crippen LogP contribution in [0, 0.1) is 0 Å². The lowest BCUT2D eigenvalue weighted by molar-refractivity contribution is -0.0130. The third kappa shape index (κ3) is 3.33. The maximum atomic E-state index is 11.4. The summed E-state index contributed by atoms with van der Waals surface area (Å²) in [6.07, 6.45) is 1.02. The Kier molecular flexibility index (Phi) is 4.56. The molecule has 19 heavy (non-hydrogen) atoms. The first kappa shape index (κ1) is 14.0. The van der Waals surface area contributed by atoms with Crippen molar-refractivity contribution in [1.29, 1.82) is 0 Å². The maximum Gasteiger partial charge on any atom is 0.159 e. The van der Waals surface area contributed by atoms with Crippen LogP contribution < -0.4 is 0 Å². The summed E-state index contributed by atoms with van der Waals surface area (Å²) >= 11 is 0. The van der Waals surface area contributed by atoms with Gasteiger partial charge in [-0.1, -0.05) is 6.92 Å². The number of hydrogen-bond donors (Lipinski definition) is 1. The van der Waals surface area contributed by atoms with E-state index in [0.717, 1.165) is 31.7 Å². The lowest BCUT2D eigenvalue weighted by atomic mass is 10.0. The van der Waals surface area contributed by atoms with E-state index >= 15 is 0 Å². The molecule has 1 fully saturated rings. The minimum atomic E-state index is 0.0234. The second-order valence-corrected chi connectivity index (χ2v) is 5.01. The number of rotatable bonds is 4. The number of ether oxygens (including phenoxy) is 1. The molecular weight excluding hydrogens is 242 g/mol. The minimum absolute atomic E-state index is 0.0234. The molecule has 0 aromatic heterocycles. The number of nitrogens with zero attached hydrogens (tertiary/aromatic N) is 1. The Morgan fingerprint density at radius 1 is 1.53 bits per heavy atom. The molecule has 1 aromatic carbocycles. The van der Waals surface area contributed by atoms with E-state index in [0.29, 0.717) is 18.2 Å². The molecule has 0 saturated carbocycles. The number of carbonyl (C=O) groups is 1. The van der Waals surface area contributed by atoms with Gasteiger partial charge in [0.2, 0.25) is 0 Å². The Hall–Kier alpha value is -1.39. The molecule has 1 atom stereocenters. The number of benzene rings is 1. The number of aromatic hydroxyl groups is 1. The molecule has 1 aromatic rings. The molecule has 1 aliphatic rings. The minimum Gasteiger partial charge on any atom is -0.508 e. The third-order valence-corrected chi connectivity index (χ3v) is 3.68. The van der Waals surface area contributed by atoms with E-state index in [9.17, 15) is 9.90 Å². The van der Waals surface area contributed by atoms with Gasteiger partial charge in [0, 0.05) is 30.3 Å². The van der Waals surface area contributed by atoms with Crippen molar-refractivity contribution < 1.29 is 14.6 Å². The van der Waals surface area contributed by atoms with Gasteiger partial charge in [-0.25, -0.2) is 0 Å². The maximum absolute atomic E-state index is 11.4. The predicted octanol–water partition coefficient (Wildman–Crippen LogP) is 2.21. The number of hydrogen-bond acceptors (Lipinski definition) is 4. The van der Waals surface area contributed by atoms with Gasteiger partial charge in [-0.2, -0.15) is 0 Å². The van der Waals surface area contributed by atoms with Crippen molar-refractivity contribution in [1.82, 2.24) is 4.90 Å². The van der Waals surface area contributed by atoms with E-state index in [-0.39, 0.29) is 11.5 Å². The van der Waals surface area contributed by atoms with E-state index in [1.54, 1.807) is 25.1 Å². The third-order valence-electron chi connectivity index (χ3n) is 3.68. The van der Waals surface area contributed by atoms with Gasteiger partial charge in [-0.05, 0) is 31.5 Å². The van der Waals surface area contributed by atoms with E-state index < -0.39 is 0 Å². The second-order valence-electron chi connectivity index (χ2n) is 5.01. The van der Waals surface area contributed by atoms with Crippen LogP contribution in [-0.4, -0.2) is 41.6 Å². The van der Waals surface area contributed by atoms with Crippen molar-refractivity contribution in [3.05, 3.63) is 29.3 Å². The number of phenolic OH excluding ortho intramolecular Hbond substituents is 1. The highest BCUT2D eigenvalue weighted by Gasteiger charge is 2.22. The smallest absolute Gasteiger partial charge is 0.159 e. The second kappa shape index (κ2) is 6.17. The van der Waals surface area contributed by atoms with Gasteiger partial charge >= 0.3 is 0 Å². The molecule has 1 aliphatic heterocycles. The molecule has 2 rings (SSSR count). The van der Waals surface area contributed by atoms with Gasteiger partial charge in [-0.3, -0.25) is 9.69 Å². The Balaban J connectivity index is 2.17. The summed E-state index contributed by atoms with van der Waals surface area (Å²) in [5, 5.41) is 9.94. The fraction of sp³-hybridized carbons (Fsp3) is 0.533. The summed E-state index contributed by atoms with van der Waals surface area (Å²) < 4.78 is 5.47. The van der Waals surface area contributed by atoms with Crippen molar-refractivity contribution in [2.75, 3.05) is 19.8 Å². The molecule has 0 amide bonds. The number of Topliss-reactive ketones (excluding diaryl/α,β-unsaturated/α-hetero) is 1. The average Bonchev–Trinajstić information content (AvgIpc) is 2.41. The number of phenols is 1. The summed E-state index contributed by atoms with van der Waals surface area (Å²) in [4.78, 5) is 13.7. The van der Waals surface area contributed by atoms with Gasteiger partial charge in [0.05, 0.1) is 13.2 Å². The van der Waals surface area contributed by atoms with Crippen LogP contribution in [0.2, 0.25) is 0 Å². The molecule has 1 unspecified atom stereocenters. The molecule has 104 valence electrons. The SMILES string of the molecule is CCC1COCCN1Cc1cc(C(C)=O)ccc1O.